The number of amides is 4. The molecule has 36 heavy (non-hydrogen) atoms. The largest absolute Gasteiger partial charge is 0.359 e. The normalized spacial score (nSPS) is 10.3. The maximum Gasteiger partial charge on any atom is 0.222 e. The van der Waals surface area contributed by atoms with Gasteiger partial charge in [-0.2, -0.15) is 0 Å². The Morgan fingerprint density at radius 1 is 0.583 bits per heavy atom. The number of hydrogen-bond donors (Lipinski definition) is 4. The Morgan fingerprint density at radius 2 is 0.944 bits per heavy atom. The Labute approximate surface area is 222 Å². The summed E-state index contributed by atoms with van der Waals surface area (Å²) in [6, 6.07) is 0. The maximum atomic E-state index is 11.0. The second-order valence-electron chi connectivity index (χ2n) is 10.9. The molecule has 0 saturated carbocycles. The van der Waals surface area contributed by atoms with Crippen molar-refractivity contribution in [3.63, 3.8) is 0 Å². The molecule has 0 aliphatic heterocycles. The fraction of sp³-hybridized carbons (Fsp3) is 0.857. The summed E-state index contributed by atoms with van der Waals surface area (Å²) in [5.41, 5.74) is -0.0959. The Kier molecular flexibility index (Phi) is 28.0. The van der Waals surface area contributed by atoms with Crippen molar-refractivity contribution in [1.29, 1.82) is 0 Å². The number of unbranched alkanes of at least 4 members (excludes halogenated alkanes) is 1. The van der Waals surface area contributed by atoms with Gasteiger partial charge in [0.25, 0.3) is 0 Å². The number of rotatable bonds is 9. The van der Waals surface area contributed by atoms with Gasteiger partial charge in [-0.25, -0.2) is 0 Å². The Balaban J connectivity index is -0.000000191. The number of hydrogen-bond acceptors (Lipinski definition) is 4. The minimum atomic E-state index is -0.0959. The highest BCUT2D eigenvalue weighted by Crippen LogP contribution is 2.01. The molecular weight excluding hydrogens is 456 g/mol. The van der Waals surface area contributed by atoms with E-state index in [0.717, 1.165) is 32.4 Å². The second-order valence-corrected chi connectivity index (χ2v) is 10.9. The van der Waals surface area contributed by atoms with Crippen LogP contribution in [0.3, 0.4) is 0 Å². The summed E-state index contributed by atoms with van der Waals surface area (Å²) in [5, 5.41) is 11.0. The average Bonchev–Trinajstić information content (AvgIpc) is 2.76. The highest BCUT2D eigenvalue weighted by atomic mass is 16.2. The first-order valence-corrected chi connectivity index (χ1v) is 13.5. The van der Waals surface area contributed by atoms with Crippen molar-refractivity contribution in [1.82, 2.24) is 21.3 Å². The van der Waals surface area contributed by atoms with Crippen molar-refractivity contribution in [2.45, 2.75) is 115 Å². The third-order valence-corrected chi connectivity index (χ3v) is 4.22. The first-order chi connectivity index (χ1) is 16.4. The van der Waals surface area contributed by atoms with Gasteiger partial charge in [0, 0.05) is 49.3 Å². The molecule has 0 aromatic heterocycles. The molecule has 0 atom stereocenters. The van der Waals surface area contributed by atoms with Crippen LogP contribution in [0.5, 0.6) is 0 Å². The topological polar surface area (TPSA) is 116 Å². The smallest absolute Gasteiger partial charge is 0.222 e. The van der Waals surface area contributed by atoms with Gasteiger partial charge in [-0.15, -0.1) is 0 Å². The van der Waals surface area contributed by atoms with E-state index in [1.807, 2.05) is 83.1 Å². The van der Waals surface area contributed by atoms with Gasteiger partial charge in [-0.05, 0) is 33.6 Å². The lowest BCUT2D eigenvalue weighted by Gasteiger charge is -2.21. The number of nitrogens with one attached hydrogen (secondary N) is 4. The van der Waals surface area contributed by atoms with Crippen molar-refractivity contribution in [3.05, 3.63) is 0 Å². The molecule has 0 aliphatic rings. The molecule has 8 nitrogen and oxygen atoms in total. The second kappa shape index (κ2) is 24.6. The lowest BCUT2D eigenvalue weighted by Crippen LogP contribution is -2.42. The van der Waals surface area contributed by atoms with Gasteiger partial charge in [0.15, 0.2) is 0 Å². The van der Waals surface area contributed by atoms with Crippen LogP contribution in [0.1, 0.15) is 109 Å². The van der Waals surface area contributed by atoms with E-state index >= 15 is 0 Å². The van der Waals surface area contributed by atoms with Crippen molar-refractivity contribution >= 4 is 23.6 Å². The monoisotopic (exact) mass is 516 g/mol. The van der Waals surface area contributed by atoms with E-state index in [2.05, 4.69) is 28.2 Å². The molecule has 0 aromatic carbocycles. The van der Waals surface area contributed by atoms with Crippen LogP contribution in [0.25, 0.3) is 0 Å². The van der Waals surface area contributed by atoms with Crippen LogP contribution in [0.15, 0.2) is 0 Å². The van der Waals surface area contributed by atoms with Gasteiger partial charge in [0.2, 0.25) is 23.6 Å². The zero-order valence-electron chi connectivity index (χ0n) is 26.0. The van der Waals surface area contributed by atoms with E-state index in [4.69, 9.17) is 0 Å². The zero-order valence-corrected chi connectivity index (χ0v) is 26.0. The molecule has 0 radical (unpaired) electrons. The summed E-state index contributed by atoms with van der Waals surface area (Å²) in [4.78, 5) is 43.1. The molecule has 0 aromatic rings. The van der Waals surface area contributed by atoms with E-state index in [1.165, 1.54) is 0 Å². The fourth-order valence-electron chi connectivity index (χ4n) is 1.85. The quantitative estimate of drug-likeness (QED) is 0.333. The summed E-state index contributed by atoms with van der Waals surface area (Å²) in [7, 11) is 1.64. The molecule has 216 valence electrons. The van der Waals surface area contributed by atoms with E-state index in [9.17, 15) is 19.2 Å². The minimum Gasteiger partial charge on any atom is -0.359 e. The highest BCUT2D eigenvalue weighted by Gasteiger charge is 2.15. The van der Waals surface area contributed by atoms with Gasteiger partial charge in [-0.1, -0.05) is 75.7 Å². The molecule has 4 amide bonds. The molecular formula is C28H60N4O4. The van der Waals surface area contributed by atoms with Crippen molar-refractivity contribution in [2.24, 2.45) is 23.7 Å². The predicted octanol–water partition coefficient (Wildman–Crippen LogP) is 4.67. The van der Waals surface area contributed by atoms with Gasteiger partial charge in [0.1, 0.15) is 0 Å². The van der Waals surface area contributed by atoms with E-state index in [1.54, 1.807) is 7.05 Å². The lowest BCUT2D eigenvalue weighted by atomic mass is 10.1. The number of carbonyl (C=O) groups excluding carboxylic acids is 4. The Bertz CT molecular complexity index is 581. The maximum absolute atomic E-state index is 11.0. The molecule has 0 fully saturated rings. The molecule has 0 rings (SSSR count). The molecule has 0 spiro atoms. The Hall–Kier alpha value is -2.12. The molecule has 0 aliphatic carbocycles. The third-order valence-electron chi connectivity index (χ3n) is 4.22. The van der Waals surface area contributed by atoms with E-state index in [-0.39, 0.29) is 52.8 Å². The van der Waals surface area contributed by atoms with Crippen molar-refractivity contribution < 1.29 is 19.2 Å². The first kappa shape index (κ1) is 41.0. The van der Waals surface area contributed by atoms with Gasteiger partial charge in [-0.3, -0.25) is 19.2 Å². The third kappa shape index (κ3) is 34.0. The van der Waals surface area contributed by atoms with Crippen LogP contribution in [0.2, 0.25) is 0 Å². The molecule has 8 heteroatoms. The van der Waals surface area contributed by atoms with Crippen LogP contribution in [0.4, 0.5) is 0 Å². The fourth-order valence-corrected chi connectivity index (χ4v) is 1.85. The van der Waals surface area contributed by atoms with E-state index in [0.29, 0.717) is 0 Å². The standard InChI is InChI=1S/2C8H17NO.C7H15NO.C5H11NO/c1-6(2)7(10)9-8(3,4)5;1-4-5-6-9-8(10)7(2)3;1-4-5-8-7(9)6(2)3;1-4(2)5(7)6-3/h6H,1-5H3,(H,9,10);7H,4-6H2,1-3H3,(H,9,10);6H,4-5H2,1-3H3,(H,8,9);4H,1-3H3,(H,6,7). The summed E-state index contributed by atoms with van der Waals surface area (Å²) in [5.74, 6) is 0.968. The van der Waals surface area contributed by atoms with Crippen LogP contribution in [-0.4, -0.2) is 49.3 Å². The summed E-state index contributed by atoms with van der Waals surface area (Å²) < 4.78 is 0. The van der Waals surface area contributed by atoms with Gasteiger partial charge in [0.05, 0.1) is 0 Å². The summed E-state index contributed by atoms with van der Waals surface area (Å²) in [6.07, 6.45) is 3.23. The van der Waals surface area contributed by atoms with Crippen LogP contribution in [-0.2, 0) is 19.2 Å². The molecule has 0 unspecified atom stereocenters. The van der Waals surface area contributed by atoms with Gasteiger partial charge >= 0.3 is 0 Å². The van der Waals surface area contributed by atoms with Crippen LogP contribution in [0, 0.1) is 23.7 Å². The zero-order chi connectivity index (χ0) is 29.5. The number of carbonyl (C=O) groups is 4. The minimum absolute atomic E-state index is 0.0826. The van der Waals surface area contributed by atoms with Gasteiger partial charge < -0.3 is 21.3 Å². The first-order valence-electron chi connectivity index (χ1n) is 13.5. The Morgan fingerprint density at radius 3 is 1.14 bits per heavy atom. The summed E-state index contributed by atoms with van der Waals surface area (Å²) >= 11 is 0. The summed E-state index contributed by atoms with van der Waals surface area (Å²) in [6.45, 7) is 26.8. The van der Waals surface area contributed by atoms with Crippen LogP contribution >= 0.6 is 0 Å². The van der Waals surface area contributed by atoms with Crippen molar-refractivity contribution in [3.8, 4) is 0 Å². The van der Waals surface area contributed by atoms with Crippen molar-refractivity contribution in [2.75, 3.05) is 20.1 Å². The SMILES string of the molecule is CC(C)C(=O)NC(C)(C)C.CCCCNC(=O)C(C)C.CCCNC(=O)C(C)C.CNC(=O)C(C)C. The lowest BCUT2D eigenvalue weighted by molar-refractivity contribution is -0.125. The van der Waals surface area contributed by atoms with E-state index < -0.39 is 0 Å². The predicted molar refractivity (Wildman–Crippen MR) is 153 cm³/mol. The molecule has 0 bridgehead atoms. The molecule has 0 saturated heterocycles. The highest BCUT2D eigenvalue weighted by molar-refractivity contribution is 5.79. The molecule has 0 heterocycles. The molecule has 4 N–H and O–H groups in total. The van der Waals surface area contributed by atoms with Crippen LogP contribution < -0.4 is 21.3 Å². The average molecular weight is 517 g/mol.